The Labute approximate surface area is 113 Å². The third kappa shape index (κ3) is 3.32. The maximum Gasteiger partial charge on any atom is 0.246 e. The highest BCUT2D eigenvalue weighted by Crippen LogP contribution is 2.31. The number of benzene rings is 1. The Balaban J connectivity index is 2.03. The molecule has 0 aromatic heterocycles. The second kappa shape index (κ2) is 5.70. The van der Waals surface area contributed by atoms with Crippen LogP contribution in [-0.2, 0) is 4.79 Å². The fourth-order valence-electron chi connectivity index (χ4n) is 2.35. The van der Waals surface area contributed by atoms with Gasteiger partial charge < -0.3 is 5.32 Å². The average Bonchev–Trinajstić information content (AvgIpc) is 2.62. The molecule has 1 amide bonds. The summed E-state index contributed by atoms with van der Waals surface area (Å²) in [5.74, 6) is 0.229. The third-order valence-corrected chi connectivity index (χ3v) is 3.47. The van der Waals surface area contributed by atoms with E-state index >= 15 is 0 Å². The maximum absolute atomic E-state index is 13.1. The maximum atomic E-state index is 13.1. The number of nitrogens with one attached hydrogen (secondary N) is 2. The Hall–Kier alpha value is -1.42. The molecule has 1 aliphatic rings. The van der Waals surface area contributed by atoms with E-state index < -0.39 is 0 Å². The minimum Gasteiger partial charge on any atom is -0.324 e. The van der Waals surface area contributed by atoms with Crippen LogP contribution in [0, 0.1) is 11.7 Å². The van der Waals surface area contributed by atoms with Crippen molar-refractivity contribution in [1.29, 1.82) is 0 Å². The van der Waals surface area contributed by atoms with Crippen molar-refractivity contribution in [2.45, 2.75) is 45.7 Å². The van der Waals surface area contributed by atoms with Gasteiger partial charge in [0.2, 0.25) is 5.91 Å². The minimum atomic E-state index is -0.363. The Bertz CT molecular complexity index is 473. The first kappa shape index (κ1) is 14.0. The number of anilines is 1. The van der Waals surface area contributed by atoms with Gasteiger partial charge in [-0.2, -0.15) is 0 Å². The number of rotatable bonds is 5. The Morgan fingerprint density at radius 2 is 2.05 bits per heavy atom. The van der Waals surface area contributed by atoms with Crippen LogP contribution in [0.5, 0.6) is 0 Å². The SMILES string of the molecule is CC(C)CCC(C)NC1C(=O)Nc2cc(F)ccc21. The van der Waals surface area contributed by atoms with Crippen molar-refractivity contribution in [3.8, 4) is 0 Å². The molecule has 1 aromatic carbocycles. The highest BCUT2D eigenvalue weighted by atomic mass is 19.1. The van der Waals surface area contributed by atoms with E-state index in [0.29, 0.717) is 11.6 Å². The zero-order chi connectivity index (χ0) is 14.0. The molecule has 2 N–H and O–H groups in total. The Morgan fingerprint density at radius 3 is 2.74 bits per heavy atom. The van der Waals surface area contributed by atoms with Crippen LogP contribution in [0.4, 0.5) is 10.1 Å². The van der Waals surface area contributed by atoms with Crippen LogP contribution in [-0.4, -0.2) is 11.9 Å². The highest BCUT2D eigenvalue weighted by molar-refractivity contribution is 6.02. The molecular formula is C15H21FN2O. The van der Waals surface area contributed by atoms with Crippen molar-refractivity contribution in [3.05, 3.63) is 29.6 Å². The fourth-order valence-corrected chi connectivity index (χ4v) is 2.35. The molecule has 0 bridgehead atoms. The van der Waals surface area contributed by atoms with Crippen LogP contribution in [0.2, 0.25) is 0 Å². The van der Waals surface area contributed by atoms with E-state index in [1.807, 2.05) is 0 Å². The Kier molecular flexibility index (Phi) is 4.20. The van der Waals surface area contributed by atoms with Gasteiger partial charge in [0, 0.05) is 17.3 Å². The summed E-state index contributed by atoms with van der Waals surface area (Å²) < 4.78 is 13.1. The summed E-state index contributed by atoms with van der Waals surface area (Å²) >= 11 is 0. The number of fused-ring (bicyclic) bond motifs is 1. The van der Waals surface area contributed by atoms with Gasteiger partial charge in [0.15, 0.2) is 0 Å². The van der Waals surface area contributed by atoms with Gasteiger partial charge in [-0.1, -0.05) is 19.9 Å². The summed E-state index contributed by atoms with van der Waals surface area (Å²) in [7, 11) is 0. The highest BCUT2D eigenvalue weighted by Gasteiger charge is 2.31. The summed E-state index contributed by atoms with van der Waals surface area (Å²) in [6.45, 7) is 6.46. The first-order valence-corrected chi connectivity index (χ1v) is 6.83. The first-order chi connectivity index (χ1) is 8.97. The van der Waals surface area contributed by atoms with E-state index in [9.17, 15) is 9.18 Å². The zero-order valence-corrected chi connectivity index (χ0v) is 11.7. The van der Waals surface area contributed by atoms with Crippen LogP contribution in [0.3, 0.4) is 0 Å². The van der Waals surface area contributed by atoms with Gasteiger partial charge in [0.25, 0.3) is 0 Å². The van der Waals surface area contributed by atoms with Crippen LogP contribution >= 0.6 is 0 Å². The summed E-state index contributed by atoms with van der Waals surface area (Å²) in [6.07, 6.45) is 2.15. The lowest BCUT2D eigenvalue weighted by molar-refractivity contribution is -0.117. The lowest BCUT2D eigenvalue weighted by atomic mass is 10.0. The van der Waals surface area contributed by atoms with Gasteiger partial charge in [-0.15, -0.1) is 0 Å². The summed E-state index contributed by atoms with van der Waals surface area (Å²) in [4.78, 5) is 11.9. The number of amides is 1. The van der Waals surface area contributed by atoms with Crippen molar-refractivity contribution in [2.75, 3.05) is 5.32 Å². The molecule has 2 atom stereocenters. The summed E-state index contributed by atoms with van der Waals surface area (Å²) in [5.41, 5.74) is 1.42. The van der Waals surface area contributed by atoms with Crippen molar-refractivity contribution >= 4 is 11.6 Å². The van der Waals surface area contributed by atoms with Crippen LogP contribution in [0.15, 0.2) is 18.2 Å². The second-order valence-corrected chi connectivity index (χ2v) is 5.69. The first-order valence-electron chi connectivity index (χ1n) is 6.83. The van der Waals surface area contributed by atoms with E-state index in [-0.39, 0.29) is 23.8 Å². The van der Waals surface area contributed by atoms with E-state index in [1.165, 1.54) is 12.1 Å². The van der Waals surface area contributed by atoms with Crippen molar-refractivity contribution in [1.82, 2.24) is 5.32 Å². The van der Waals surface area contributed by atoms with Crippen LogP contribution < -0.4 is 10.6 Å². The lowest BCUT2D eigenvalue weighted by Crippen LogP contribution is -2.34. The average molecular weight is 264 g/mol. The molecule has 1 aliphatic heterocycles. The molecule has 0 spiro atoms. The smallest absolute Gasteiger partial charge is 0.246 e. The molecule has 0 aliphatic carbocycles. The normalized spacial score (nSPS) is 19.4. The van der Waals surface area contributed by atoms with Gasteiger partial charge in [-0.05, 0) is 37.8 Å². The molecular weight excluding hydrogens is 243 g/mol. The molecule has 1 heterocycles. The van der Waals surface area contributed by atoms with Gasteiger partial charge in [0.05, 0.1) is 0 Å². The lowest BCUT2D eigenvalue weighted by Gasteiger charge is -2.19. The predicted octanol–water partition coefficient (Wildman–Crippen LogP) is 3.23. The number of hydrogen-bond acceptors (Lipinski definition) is 2. The molecule has 2 rings (SSSR count). The van der Waals surface area contributed by atoms with E-state index in [4.69, 9.17) is 0 Å². The fraction of sp³-hybridized carbons (Fsp3) is 0.533. The largest absolute Gasteiger partial charge is 0.324 e. The third-order valence-electron chi connectivity index (χ3n) is 3.47. The number of carbonyl (C=O) groups is 1. The quantitative estimate of drug-likeness (QED) is 0.857. The predicted molar refractivity (Wildman–Crippen MR) is 74.4 cm³/mol. The van der Waals surface area contributed by atoms with E-state index in [2.05, 4.69) is 31.4 Å². The van der Waals surface area contributed by atoms with E-state index in [1.54, 1.807) is 6.07 Å². The molecule has 3 nitrogen and oxygen atoms in total. The van der Waals surface area contributed by atoms with Crippen LogP contribution in [0.1, 0.15) is 45.2 Å². The summed E-state index contributed by atoms with van der Waals surface area (Å²) in [5, 5.41) is 6.04. The zero-order valence-electron chi connectivity index (χ0n) is 11.7. The van der Waals surface area contributed by atoms with Crippen molar-refractivity contribution in [2.24, 2.45) is 5.92 Å². The van der Waals surface area contributed by atoms with Gasteiger partial charge in [-0.3, -0.25) is 10.1 Å². The molecule has 0 saturated heterocycles. The number of carbonyl (C=O) groups excluding carboxylic acids is 1. The topological polar surface area (TPSA) is 41.1 Å². The number of hydrogen-bond donors (Lipinski definition) is 2. The summed E-state index contributed by atoms with van der Waals surface area (Å²) in [6, 6.07) is 4.34. The molecule has 104 valence electrons. The van der Waals surface area contributed by atoms with Crippen molar-refractivity contribution in [3.63, 3.8) is 0 Å². The van der Waals surface area contributed by atoms with Crippen molar-refractivity contribution < 1.29 is 9.18 Å². The standard InChI is InChI=1S/C15H21FN2O/c1-9(2)4-5-10(3)17-14-12-7-6-11(16)8-13(12)18-15(14)19/h6-10,14,17H,4-5H2,1-3H3,(H,18,19). The molecule has 4 heteroatoms. The van der Waals surface area contributed by atoms with Gasteiger partial charge >= 0.3 is 0 Å². The van der Waals surface area contributed by atoms with Gasteiger partial charge in [-0.25, -0.2) is 4.39 Å². The molecule has 2 unspecified atom stereocenters. The number of halogens is 1. The second-order valence-electron chi connectivity index (χ2n) is 5.69. The molecule has 1 aromatic rings. The molecule has 0 fully saturated rings. The Morgan fingerprint density at radius 1 is 1.32 bits per heavy atom. The monoisotopic (exact) mass is 264 g/mol. The molecule has 0 radical (unpaired) electrons. The molecule has 0 saturated carbocycles. The van der Waals surface area contributed by atoms with Crippen LogP contribution in [0.25, 0.3) is 0 Å². The molecule has 19 heavy (non-hydrogen) atoms. The van der Waals surface area contributed by atoms with Gasteiger partial charge in [0.1, 0.15) is 11.9 Å². The minimum absolute atomic E-state index is 0.100. The van der Waals surface area contributed by atoms with E-state index in [0.717, 1.165) is 18.4 Å².